The van der Waals surface area contributed by atoms with Crippen molar-refractivity contribution >= 4 is 64.3 Å². The Balaban J connectivity index is 1.43. The number of carboxylic acid groups (broad SMARTS) is 3. The third-order valence-electron chi connectivity index (χ3n) is 10.3. The largest absolute Gasteiger partial charge is 0.478 e. The number of nitrogens with zero attached hydrogens (tertiary/aromatic N) is 2. The van der Waals surface area contributed by atoms with Crippen LogP contribution in [0.1, 0.15) is 53.8 Å². The maximum absolute atomic E-state index is 11.8. The summed E-state index contributed by atoms with van der Waals surface area (Å²) in [6.45, 7) is 0. The summed E-state index contributed by atoms with van der Waals surface area (Å²) in [5, 5.41) is 29.1. The highest BCUT2D eigenvalue weighted by molar-refractivity contribution is 6.01. The van der Waals surface area contributed by atoms with Crippen LogP contribution in [0, 0.1) is 12.5 Å². The Hall–Kier alpha value is -8.75. The highest BCUT2D eigenvalue weighted by Gasteiger charge is 2.20. The lowest BCUT2D eigenvalue weighted by Crippen LogP contribution is -1.96. The van der Waals surface area contributed by atoms with Gasteiger partial charge in [0.2, 0.25) is 0 Å². The number of aromatic amines is 2. The number of terminal acetylenes is 1. The van der Waals surface area contributed by atoms with Crippen molar-refractivity contribution in [2.24, 2.45) is 0 Å². The van der Waals surface area contributed by atoms with Crippen LogP contribution in [0.5, 0.6) is 5.75 Å². The fraction of sp³-hybridized carbons (Fsp3) is 0. The highest BCUT2D eigenvalue weighted by atomic mass is 16.5. The van der Waals surface area contributed by atoms with Gasteiger partial charge in [-0.1, -0.05) is 55.0 Å². The molecule has 60 heavy (non-hydrogen) atoms. The molecule has 3 aromatic heterocycles. The van der Waals surface area contributed by atoms with E-state index in [0.717, 1.165) is 16.6 Å². The van der Waals surface area contributed by atoms with Crippen molar-refractivity contribution in [1.82, 2.24) is 19.9 Å². The molecule has 5 heterocycles. The summed E-state index contributed by atoms with van der Waals surface area (Å²) in [6.07, 6.45) is 15.2. The molecule has 0 radical (unpaired) electrons. The maximum atomic E-state index is 11.8. The van der Waals surface area contributed by atoms with Crippen LogP contribution in [0.2, 0.25) is 0 Å². The minimum absolute atomic E-state index is 0.130. The standard InChI is InChI=1S/C49H30N4O7/c1-2-60-34-17-15-30(16-18-34)46-41-25-23-39(52-41)44(28-5-11-32(12-6-28)48(56)57)37-21-19-35(50-37)43(27-3-9-31(10-4-27)47(54)55)36-20-22-38(51-36)45(40-24-26-42(46)53-40)29-7-13-33(14-8-29)49(58)59/h1,3-26,50,53H,(H,54,55)(H,56,57)(H,58,59). The zero-order chi connectivity index (χ0) is 41.5. The lowest BCUT2D eigenvalue weighted by Gasteiger charge is -2.08. The number of carboxylic acids is 3. The first kappa shape index (κ1) is 36.9. The van der Waals surface area contributed by atoms with E-state index in [1.54, 1.807) is 84.9 Å². The Bertz CT molecular complexity index is 3130. The van der Waals surface area contributed by atoms with Gasteiger partial charge >= 0.3 is 17.9 Å². The van der Waals surface area contributed by atoms with Gasteiger partial charge in [-0.15, -0.1) is 0 Å². The number of ether oxygens (including phenoxy) is 1. The van der Waals surface area contributed by atoms with E-state index in [2.05, 4.69) is 16.1 Å². The molecule has 0 fully saturated rings. The van der Waals surface area contributed by atoms with Gasteiger partial charge in [0, 0.05) is 44.3 Å². The number of hydrogen-bond acceptors (Lipinski definition) is 6. The van der Waals surface area contributed by atoms with Crippen LogP contribution in [0.15, 0.2) is 121 Å². The monoisotopic (exact) mass is 786 g/mol. The molecule has 4 aromatic carbocycles. The van der Waals surface area contributed by atoms with Crippen LogP contribution in [0.25, 0.3) is 90.9 Å². The van der Waals surface area contributed by atoms with Crippen LogP contribution in [0.4, 0.5) is 0 Å². The highest BCUT2D eigenvalue weighted by Crippen LogP contribution is 2.39. The summed E-state index contributed by atoms with van der Waals surface area (Å²) in [7, 11) is 0. The van der Waals surface area contributed by atoms with E-state index in [4.69, 9.17) is 21.1 Å². The first-order chi connectivity index (χ1) is 29.1. The van der Waals surface area contributed by atoms with Crippen LogP contribution in [-0.4, -0.2) is 53.2 Å². The molecule has 0 saturated heterocycles. The van der Waals surface area contributed by atoms with Crippen LogP contribution in [0.3, 0.4) is 0 Å². The second kappa shape index (κ2) is 15.0. The summed E-state index contributed by atoms with van der Waals surface area (Å²) in [5.74, 6) is -2.65. The molecule has 0 saturated carbocycles. The van der Waals surface area contributed by atoms with Gasteiger partial charge in [-0.2, -0.15) is 0 Å². The summed E-state index contributed by atoms with van der Waals surface area (Å²) >= 11 is 0. The topological polar surface area (TPSA) is 178 Å². The van der Waals surface area contributed by atoms with Crippen molar-refractivity contribution in [2.45, 2.75) is 0 Å². The van der Waals surface area contributed by atoms with Gasteiger partial charge in [0.25, 0.3) is 0 Å². The van der Waals surface area contributed by atoms with E-state index in [0.29, 0.717) is 78.5 Å². The smallest absolute Gasteiger partial charge is 0.335 e. The van der Waals surface area contributed by atoms with Crippen molar-refractivity contribution < 1.29 is 34.4 Å². The molecule has 2 aliphatic heterocycles. The van der Waals surface area contributed by atoms with Crippen LogP contribution >= 0.6 is 0 Å². The van der Waals surface area contributed by atoms with Gasteiger partial charge in [-0.3, -0.25) is 0 Å². The number of rotatable bonds is 8. The van der Waals surface area contributed by atoms with Crippen LogP contribution in [-0.2, 0) is 0 Å². The fourth-order valence-electron chi connectivity index (χ4n) is 7.52. The van der Waals surface area contributed by atoms with Crippen molar-refractivity contribution in [3.05, 3.63) is 161 Å². The maximum Gasteiger partial charge on any atom is 0.335 e. The average molecular weight is 787 g/mol. The molecule has 11 heteroatoms. The van der Waals surface area contributed by atoms with Crippen molar-refractivity contribution in [2.75, 3.05) is 0 Å². The Morgan fingerprint density at radius 2 is 0.700 bits per heavy atom. The molecule has 0 unspecified atom stereocenters. The van der Waals surface area contributed by atoms with Gasteiger partial charge < -0.3 is 30.0 Å². The number of hydrogen-bond donors (Lipinski definition) is 5. The van der Waals surface area contributed by atoms with Crippen LogP contribution < -0.4 is 4.74 Å². The predicted molar refractivity (Wildman–Crippen MR) is 231 cm³/mol. The Morgan fingerprint density at radius 3 is 0.950 bits per heavy atom. The molecule has 0 aliphatic carbocycles. The Labute approximate surface area is 341 Å². The van der Waals surface area contributed by atoms with E-state index >= 15 is 0 Å². The molecule has 2 aliphatic rings. The first-order valence-electron chi connectivity index (χ1n) is 18.6. The number of carbonyl (C=O) groups is 3. The van der Waals surface area contributed by atoms with E-state index in [-0.39, 0.29) is 16.7 Å². The van der Waals surface area contributed by atoms with Gasteiger partial charge in [-0.05, 0) is 119 Å². The SMILES string of the molecule is C#COc1ccc(-c2c3nc(c(-c4ccc(C(=O)O)cc4)c4ccc([nH]4)c(-c4ccc(C(=O)O)cc4)c4nc(c(-c5ccc(C(=O)O)cc5)c5ccc2[nH]5)C=C4)C=C3)cc1. The summed E-state index contributed by atoms with van der Waals surface area (Å²) in [6, 6.07) is 34.8. The molecule has 0 amide bonds. The van der Waals surface area contributed by atoms with E-state index in [9.17, 15) is 29.7 Å². The summed E-state index contributed by atoms with van der Waals surface area (Å²) in [5.41, 5.74) is 11.4. The number of aromatic carboxylic acids is 3. The second-order valence-electron chi connectivity index (χ2n) is 13.9. The molecule has 11 nitrogen and oxygen atoms in total. The molecule has 0 atom stereocenters. The van der Waals surface area contributed by atoms with E-state index in [1.165, 1.54) is 0 Å². The first-order valence-corrected chi connectivity index (χ1v) is 18.6. The number of benzene rings is 4. The van der Waals surface area contributed by atoms with Gasteiger partial charge in [0.15, 0.2) is 0 Å². The van der Waals surface area contributed by atoms with Crippen molar-refractivity contribution in [3.63, 3.8) is 0 Å². The number of H-pyrrole nitrogens is 2. The number of fused-ring (bicyclic) bond motifs is 8. The fourth-order valence-corrected chi connectivity index (χ4v) is 7.52. The van der Waals surface area contributed by atoms with Crippen molar-refractivity contribution in [3.8, 4) is 62.8 Å². The Morgan fingerprint density at radius 1 is 0.433 bits per heavy atom. The molecule has 288 valence electrons. The molecular formula is C49H30N4O7. The number of aromatic nitrogens is 4. The van der Waals surface area contributed by atoms with Crippen molar-refractivity contribution in [1.29, 1.82) is 0 Å². The minimum Gasteiger partial charge on any atom is -0.478 e. The predicted octanol–water partition coefficient (Wildman–Crippen LogP) is 10.4. The molecular weight excluding hydrogens is 757 g/mol. The lowest BCUT2D eigenvalue weighted by molar-refractivity contribution is 0.0686. The zero-order valence-electron chi connectivity index (χ0n) is 31.3. The quantitative estimate of drug-likeness (QED) is 0.0937. The lowest BCUT2D eigenvalue weighted by atomic mass is 10.0. The minimum atomic E-state index is -1.05. The molecule has 7 aromatic rings. The summed E-state index contributed by atoms with van der Waals surface area (Å²) in [4.78, 5) is 53.2. The third-order valence-corrected chi connectivity index (χ3v) is 10.3. The number of nitrogens with one attached hydrogen (secondary N) is 2. The molecule has 8 bridgehead atoms. The van der Waals surface area contributed by atoms with E-state index < -0.39 is 17.9 Å². The average Bonchev–Trinajstić information content (AvgIpc) is 4.10. The summed E-state index contributed by atoms with van der Waals surface area (Å²) < 4.78 is 5.29. The molecule has 0 spiro atoms. The third kappa shape index (κ3) is 6.76. The van der Waals surface area contributed by atoms with Gasteiger partial charge in [0.1, 0.15) is 11.9 Å². The zero-order valence-corrected chi connectivity index (χ0v) is 31.3. The van der Waals surface area contributed by atoms with Gasteiger partial charge in [0.05, 0.1) is 39.5 Å². The molecule has 5 N–H and O–H groups in total. The van der Waals surface area contributed by atoms with E-state index in [1.807, 2.05) is 60.7 Å². The van der Waals surface area contributed by atoms with Gasteiger partial charge in [-0.25, -0.2) is 24.4 Å². The second-order valence-corrected chi connectivity index (χ2v) is 13.9. The normalized spacial score (nSPS) is 11.6. The Kier molecular flexibility index (Phi) is 9.19. The molecule has 9 rings (SSSR count).